The van der Waals surface area contributed by atoms with Gasteiger partial charge in [-0.25, -0.2) is 14.4 Å². The van der Waals surface area contributed by atoms with E-state index in [-0.39, 0.29) is 45.3 Å². The number of phenols is 3. The predicted octanol–water partition coefficient (Wildman–Crippen LogP) is 0.0372. The van der Waals surface area contributed by atoms with Gasteiger partial charge in [0.25, 0.3) is 0 Å². The molecule has 0 amide bonds. The van der Waals surface area contributed by atoms with Crippen LogP contribution in [-0.2, 0) is 33.3 Å². The van der Waals surface area contributed by atoms with Gasteiger partial charge >= 0.3 is 17.9 Å². The highest BCUT2D eigenvalue weighted by Crippen LogP contribution is 2.34. The van der Waals surface area contributed by atoms with Crippen LogP contribution in [0.5, 0.6) is 28.7 Å². The molecule has 20 nitrogen and oxygen atoms in total. The smallest absolute Gasteiger partial charge is 0.335 e. The fourth-order valence-electron chi connectivity index (χ4n) is 6.08. The summed E-state index contributed by atoms with van der Waals surface area (Å²) in [6.07, 6.45) is -19.0. The third-order valence-electron chi connectivity index (χ3n) is 8.92. The van der Waals surface area contributed by atoms with Gasteiger partial charge in [0.1, 0.15) is 58.4 Å². The molecule has 0 radical (unpaired) electrons. The van der Waals surface area contributed by atoms with Crippen molar-refractivity contribution in [3.63, 3.8) is 0 Å². The molecule has 2 fully saturated rings. The van der Waals surface area contributed by atoms with Gasteiger partial charge in [0.15, 0.2) is 47.6 Å². The number of aliphatic hydroxyl groups excluding tert-OH is 4. The van der Waals surface area contributed by atoms with Gasteiger partial charge in [0.2, 0.25) is 6.29 Å². The van der Waals surface area contributed by atoms with Crippen LogP contribution in [0.15, 0.2) is 76.0 Å². The number of aromatic hydroxyl groups is 3. The largest absolute Gasteiger partial charge is 0.508 e. The van der Waals surface area contributed by atoms with Gasteiger partial charge in [-0.1, -0.05) is 6.07 Å². The number of esters is 1. The molecule has 20 heteroatoms. The average molecular weight is 799 g/mol. The Hall–Kier alpha value is -6.26. The number of aliphatic carboxylic acids is 2. The Labute approximate surface area is 319 Å². The Kier molecular flexibility index (Phi) is 11.7. The Morgan fingerprint density at radius 1 is 0.737 bits per heavy atom. The molecular weight excluding hydrogens is 764 g/mol. The topological polar surface area (TPSA) is 319 Å². The molecule has 3 heterocycles. The molecule has 9 N–H and O–H groups in total. The fraction of sp³-hybridized carbons (Fsp3) is 0.297. The Morgan fingerprint density at radius 2 is 1.37 bits per heavy atom. The monoisotopic (exact) mass is 798 g/mol. The minimum absolute atomic E-state index is 0.00469. The first kappa shape index (κ1) is 40.4. The number of hydrogen-bond donors (Lipinski definition) is 9. The molecule has 0 spiro atoms. The minimum atomic E-state index is -2.19. The van der Waals surface area contributed by atoms with Gasteiger partial charge in [-0.2, -0.15) is 0 Å². The second kappa shape index (κ2) is 16.5. The van der Waals surface area contributed by atoms with E-state index in [2.05, 4.69) is 0 Å². The molecule has 0 aliphatic carbocycles. The maximum absolute atomic E-state index is 12.9. The van der Waals surface area contributed by atoms with Gasteiger partial charge in [-0.05, 0) is 48.0 Å². The molecule has 3 aromatic carbocycles. The van der Waals surface area contributed by atoms with Crippen LogP contribution >= 0.6 is 0 Å². The molecular formula is C37H34O20. The number of carbonyl (C=O) groups is 3. The molecule has 2 saturated heterocycles. The van der Waals surface area contributed by atoms with Gasteiger partial charge in [-0.3, -0.25) is 4.79 Å². The number of benzene rings is 3. The number of carboxylic acids is 2. The van der Waals surface area contributed by atoms with Crippen molar-refractivity contribution < 1.29 is 93.2 Å². The third kappa shape index (κ3) is 8.46. The molecule has 10 atom stereocenters. The first-order valence-electron chi connectivity index (χ1n) is 16.7. The molecule has 57 heavy (non-hydrogen) atoms. The zero-order chi connectivity index (χ0) is 41.3. The second-order valence-electron chi connectivity index (χ2n) is 12.7. The fourth-order valence-corrected chi connectivity index (χ4v) is 6.08. The normalized spacial score (nSPS) is 27.5. The van der Waals surface area contributed by atoms with Gasteiger partial charge in [0, 0.05) is 29.8 Å². The van der Waals surface area contributed by atoms with E-state index in [1.54, 1.807) is 0 Å². The van der Waals surface area contributed by atoms with E-state index >= 15 is 0 Å². The SMILES string of the molecule is COc1cc(/C=C/C(=O)O[C@H]2[C@@H](O[C@H]3[C@@H](Oc4ccc(-c5cc(=O)c6c(O)cc(O)cc6o5)cc4)O[C@@H](C(=O)O)[C@@H](O)[C@@H]3O)O[C@@H](C(=O)O)[C@@H](O)[C@@H]2O)ccc1O. The summed E-state index contributed by atoms with van der Waals surface area (Å²) in [5, 5.41) is 92.2. The summed E-state index contributed by atoms with van der Waals surface area (Å²) in [5.74, 6) is -5.75. The summed E-state index contributed by atoms with van der Waals surface area (Å²) in [4.78, 5) is 49.6. The highest BCUT2D eigenvalue weighted by atomic mass is 16.8. The molecule has 2 aliphatic rings. The van der Waals surface area contributed by atoms with Gasteiger partial charge in [-0.15, -0.1) is 0 Å². The standard InChI is InChI=1S/C37H34O20/c1-51-22-10-14(2-8-18(22)39)3-9-24(42)54-32-28(45)26(43)31(35(49)50)56-37(32)57-33-29(46)27(44)30(34(47)48)55-36(33)52-17-6-4-15(5-7-17)21-13-20(41)25-19(40)11-16(38)12-23(25)53-21/h2-13,26-33,36-40,43-46H,1H3,(H,47,48)(H,49,50)/b9-3+/t26-,27-,28-,29-,30+,31+,32+,33+,36-,37+/m0/s1. The molecule has 302 valence electrons. The summed E-state index contributed by atoms with van der Waals surface area (Å²) >= 11 is 0. The van der Waals surface area contributed by atoms with E-state index in [1.807, 2.05) is 0 Å². The van der Waals surface area contributed by atoms with Crippen molar-refractivity contribution >= 4 is 35.0 Å². The zero-order valence-corrected chi connectivity index (χ0v) is 29.2. The molecule has 0 bridgehead atoms. The number of phenolic OH excluding ortho intramolecular Hbond substituents is 3. The van der Waals surface area contributed by atoms with Gasteiger partial charge < -0.3 is 78.8 Å². The maximum Gasteiger partial charge on any atom is 0.335 e. The lowest BCUT2D eigenvalue weighted by Crippen LogP contribution is -2.66. The number of methoxy groups -OCH3 is 1. The number of hydrogen-bond acceptors (Lipinski definition) is 18. The summed E-state index contributed by atoms with van der Waals surface area (Å²) in [7, 11) is 1.30. The van der Waals surface area contributed by atoms with E-state index in [9.17, 15) is 65.1 Å². The molecule has 0 unspecified atom stereocenters. The van der Waals surface area contributed by atoms with Crippen LogP contribution in [0.4, 0.5) is 0 Å². The Balaban J connectivity index is 1.27. The second-order valence-corrected chi connectivity index (χ2v) is 12.7. The van der Waals surface area contributed by atoms with E-state index in [4.69, 9.17) is 32.8 Å². The molecule has 0 saturated carbocycles. The number of fused-ring (bicyclic) bond motifs is 1. The van der Waals surface area contributed by atoms with Crippen LogP contribution in [0.1, 0.15) is 5.56 Å². The first-order chi connectivity index (χ1) is 27.1. The number of carbonyl (C=O) groups excluding carboxylic acids is 1. The first-order valence-corrected chi connectivity index (χ1v) is 16.7. The summed E-state index contributed by atoms with van der Waals surface area (Å²) in [6, 6.07) is 12.6. The average Bonchev–Trinajstić information content (AvgIpc) is 3.16. The van der Waals surface area contributed by atoms with Crippen molar-refractivity contribution in [3.8, 4) is 40.1 Å². The summed E-state index contributed by atoms with van der Waals surface area (Å²) in [6.45, 7) is 0. The summed E-state index contributed by atoms with van der Waals surface area (Å²) in [5.41, 5.74) is -0.117. The van der Waals surface area contributed by atoms with Crippen molar-refractivity contribution in [2.45, 2.75) is 61.4 Å². The van der Waals surface area contributed by atoms with E-state index in [0.717, 1.165) is 24.3 Å². The van der Waals surface area contributed by atoms with Crippen molar-refractivity contribution in [2.75, 3.05) is 7.11 Å². The number of ether oxygens (including phenoxy) is 6. The number of rotatable bonds is 11. The third-order valence-corrected chi connectivity index (χ3v) is 8.92. The molecule has 4 aromatic rings. The van der Waals surface area contributed by atoms with Crippen molar-refractivity contribution in [3.05, 3.63) is 82.5 Å². The molecule has 6 rings (SSSR count). The Bertz CT molecular complexity index is 2230. The van der Waals surface area contributed by atoms with E-state index in [1.165, 1.54) is 55.7 Å². The maximum atomic E-state index is 12.9. The minimum Gasteiger partial charge on any atom is -0.508 e. The van der Waals surface area contributed by atoms with Crippen LogP contribution < -0.4 is 14.9 Å². The van der Waals surface area contributed by atoms with Crippen molar-refractivity contribution in [1.29, 1.82) is 0 Å². The highest BCUT2D eigenvalue weighted by Gasteiger charge is 2.55. The lowest BCUT2D eigenvalue weighted by molar-refractivity contribution is -0.350. The van der Waals surface area contributed by atoms with Crippen LogP contribution in [0.25, 0.3) is 28.4 Å². The Morgan fingerprint density at radius 3 is 2.00 bits per heavy atom. The van der Waals surface area contributed by atoms with Gasteiger partial charge in [0.05, 0.1) is 7.11 Å². The van der Waals surface area contributed by atoms with Crippen LogP contribution in [0.2, 0.25) is 0 Å². The number of carboxylic acid groups (broad SMARTS) is 2. The predicted molar refractivity (Wildman–Crippen MR) is 187 cm³/mol. The van der Waals surface area contributed by atoms with Crippen molar-refractivity contribution in [2.24, 2.45) is 0 Å². The van der Waals surface area contributed by atoms with Crippen LogP contribution in [-0.4, -0.2) is 132 Å². The summed E-state index contributed by atoms with van der Waals surface area (Å²) < 4.78 is 38.4. The zero-order valence-electron chi connectivity index (χ0n) is 29.2. The number of aliphatic hydroxyl groups is 4. The lowest BCUT2D eigenvalue weighted by Gasteiger charge is -2.45. The lowest BCUT2D eigenvalue weighted by atomic mass is 9.96. The molecule has 2 aliphatic heterocycles. The van der Waals surface area contributed by atoms with Crippen molar-refractivity contribution in [1.82, 2.24) is 0 Å². The van der Waals surface area contributed by atoms with Crippen LogP contribution in [0.3, 0.4) is 0 Å². The van der Waals surface area contributed by atoms with E-state index in [0.29, 0.717) is 5.56 Å². The van der Waals surface area contributed by atoms with E-state index < -0.39 is 90.5 Å². The van der Waals surface area contributed by atoms with Crippen LogP contribution in [0, 0.1) is 0 Å². The highest BCUT2D eigenvalue weighted by molar-refractivity contribution is 5.87. The molecule has 1 aromatic heterocycles. The quantitative estimate of drug-likeness (QED) is 0.0714.